The monoisotopic (exact) mass is 496 g/mol. The molecule has 0 saturated heterocycles. The fraction of sp³-hybridized carbons (Fsp3) is 0.296. The van der Waals surface area contributed by atoms with Gasteiger partial charge in [-0.15, -0.1) is 0 Å². The minimum atomic E-state index is -0.731. The van der Waals surface area contributed by atoms with E-state index in [9.17, 15) is 14.4 Å². The Morgan fingerprint density at radius 1 is 1.11 bits per heavy atom. The molecule has 35 heavy (non-hydrogen) atoms. The van der Waals surface area contributed by atoms with Gasteiger partial charge in [0.05, 0.1) is 36.8 Å². The first-order chi connectivity index (χ1) is 16.9. The van der Waals surface area contributed by atoms with Crippen molar-refractivity contribution in [1.29, 1.82) is 0 Å². The number of nitrogens with one attached hydrogen (secondary N) is 2. The fourth-order valence-electron chi connectivity index (χ4n) is 4.35. The van der Waals surface area contributed by atoms with Crippen LogP contribution < -0.4 is 10.6 Å². The zero-order chi connectivity index (χ0) is 25.4. The van der Waals surface area contributed by atoms with E-state index < -0.39 is 17.9 Å². The summed E-state index contributed by atoms with van der Waals surface area (Å²) in [5, 5.41) is 6.58. The smallest absolute Gasteiger partial charge is 0.336 e. The number of hydrogen-bond acceptors (Lipinski definition) is 6. The summed E-state index contributed by atoms with van der Waals surface area (Å²) in [6.07, 6.45) is 1.59. The molecular weight excluding hydrogens is 468 g/mol. The highest BCUT2D eigenvalue weighted by atomic mass is 35.5. The third kappa shape index (κ3) is 6.11. The van der Waals surface area contributed by atoms with Crippen molar-refractivity contribution in [2.45, 2.75) is 38.6 Å². The maximum absolute atomic E-state index is 13.3. The molecule has 2 atom stereocenters. The lowest BCUT2D eigenvalue weighted by molar-refractivity contribution is -0.139. The second-order valence-corrected chi connectivity index (χ2v) is 8.48. The fourth-order valence-corrected chi connectivity index (χ4v) is 4.54. The highest BCUT2D eigenvalue weighted by Gasteiger charge is 2.38. The van der Waals surface area contributed by atoms with Gasteiger partial charge >= 0.3 is 11.9 Å². The number of hydrogen-bond donors (Lipinski definition) is 2. The zero-order valence-corrected chi connectivity index (χ0v) is 20.7. The van der Waals surface area contributed by atoms with E-state index in [1.54, 1.807) is 32.0 Å². The van der Waals surface area contributed by atoms with Crippen molar-refractivity contribution < 1.29 is 23.9 Å². The number of ether oxygens (including phenoxy) is 2. The normalized spacial score (nSPS) is 16.3. The van der Waals surface area contributed by atoms with Gasteiger partial charge in [-0.1, -0.05) is 54.1 Å². The van der Waals surface area contributed by atoms with E-state index in [1.807, 2.05) is 36.4 Å². The summed E-state index contributed by atoms with van der Waals surface area (Å²) in [4.78, 5) is 37.4. The van der Waals surface area contributed by atoms with Gasteiger partial charge in [-0.2, -0.15) is 0 Å². The van der Waals surface area contributed by atoms with Crippen LogP contribution in [0.2, 0.25) is 5.02 Å². The molecule has 2 N–H and O–H groups in total. The number of amides is 1. The van der Waals surface area contributed by atoms with Crippen LogP contribution >= 0.6 is 11.6 Å². The van der Waals surface area contributed by atoms with Crippen LogP contribution in [-0.4, -0.2) is 32.1 Å². The number of methoxy groups -OCH3 is 1. The minimum Gasteiger partial charge on any atom is -0.466 e. The van der Waals surface area contributed by atoms with E-state index in [2.05, 4.69) is 10.6 Å². The molecule has 1 heterocycles. The van der Waals surface area contributed by atoms with Crippen molar-refractivity contribution in [2.75, 3.05) is 13.7 Å². The number of dihydropyridines is 1. The summed E-state index contributed by atoms with van der Waals surface area (Å²) >= 11 is 6.27. The molecule has 1 aliphatic heterocycles. The van der Waals surface area contributed by atoms with Crippen molar-refractivity contribution in [3.63, 3.8) is 0 Å². The Morgan fingerprint density at radius 3 is 2.49 bits per heavy atom. The Morgan fingerprint density at radius 2 is 1.86 bits per heavy atom. The molecule has 0 saturated carbocycles. The van der Waals surface area contributed by atoms with Crippen LogP contribution in [-0.2, 0) is 23.9 Å². The molecule has 0 fully saturated rings. The second-order valence-electron chi connectivity index (χ2n) is 8.04. The number of allylic oxidation sites excluding steroid dienone is 2. The summed E-state index contributed by atoms with van der Waals surface area (Å²) in [7, 11) is 1.30. The minimum absolute atomic E-state index is 0.174. The maximum atomic E-state index is 13.3. The molecular formula is C27H29ClN2O5. The molecule has 1 aliphatic rings. The van der Waals surface area contributed by atoms with Gasteiger partial charge in [0.15, 0.2) is 0 Å². The number of rotatable bonds is 10. The van der Waals surface area contributed by atoms with Crippen LogP contribution in [0.4, 0.5) is 0 Å². The van der Waals surface area contributed by atoms with Crippen LogP contribution in [0.15, 0.2) is 77.1 Å². The lowest BCUT2D eigenvalue weighted by atomic mass is 9.79. The number of carbonyl (C=O) groups excluding carboxylic acids is 3. The van der Waals surface area contributed by atoms with Gasteiger partial charge in [-0.05, 0) is 49.9 Å². The molecule has 0 radical (unpaired) electrons. The average molecular weight is 497 g/mol. The van der Waals surface area contributed by atoms with Crippen molar-refractivity contribution in [3.8, 4) is 0 Å². The lowest BCUT2D eigenvalue weighted by Gasteiger charge is -2.32. The summed E-state index contributed by atoms with van der Waals surface area (Å²) < 4.78 is 10.5. The van der Waals surface area contributed by atoms with Crippen LogP contribution in [0.5, 0.6) is 0 Å². The van der Waals surface area contributed by atoms with Crippen molar-refractivity contribution in [1.82, 2.24) is 10.6 Å². The van der Waals surface area contributed by atoms with Crippen LogP contribution in [0.25, 0.3) is 0 Å². The molecule has 7 nitrogen and oxygen atoms in total. The molecule has 0 aromatic heterocycles. The first kappa shape index (κ1) is 26.0. The van der Waals surface area contributed by atoms with Crippen molar-refractivity contribution >= 4 is 29.9 Å². The number of halogens is 1. The molecule has 8 heteroatoms. The van der Waals surface area contributed by atoms with Gasteiger partial charge in [-0.3, -0.25) is 4.79 Å². The van der Waals surface area contributed by atoms with Gasteiger partial charge in [-0.25, -0.2) is 9.59 Å². The largest absolute Gasteiger partial charge is 0.466 e. The van der Waals surface area contributed by atoms with E-state index in [1.165, 1.54) is 7.11 Å². The summed E-state index contributed by atoms with van der Waals surface area (Å²) in [6.45, 7) is 3.67. The number of carbonyl (C=O) groups is 3. The Kier molecular flexibility index (Phi) is 9.09. The highest BCUT2D eigenvalue weighted by molar-refractivity contribution is 6.30. The van der Waals surface area contributed by atoms with E-state index in [4.69, 9.17) is 21.1 Å². The third-order valence-electron chi connectivity index (χ3n) is 5.88. The Balaban J connectivity index is 2.10. The van der Waals surface area contributed by atoms with Gasteiger partial charge in [0.2, 0.25) is 6.41 Å². The Labute approximate surface area is 210 Å². The van der Waals surface area contributed by atoms with Crippen molar-refractivity contribution in [2.24, 2.45) is 0 Å². The molecule has 2 unspecified atom stereocenters. The Bertz CT molecular complexity index is 1140. The molecule has 184 valence electrons. The summed E-state index contributed by atoms with van der Waals surface area (Å²) in [5.41, 5.74) is 3.44. The first-order valence-electron chi connectivity index (χ1n) is 11.4. The van der Waals surface area contributed by atoms with E-state index >= 15 is 0 Å². The Hall–Kier alpha value is -3.58. The maximum Gasteiger partial charge on any atom is 0.336 e. The third-order valence-corrected chi connectivity index (χ3v) is 6.12. The first-order valence-corrected chi connectivity index (χ1v) is 11.7. The van der Waals surface area contributed by atoms with Gasteiger partial charge < -0.3 is 20.1 Å². The average Bonchev–Trinajstić information content (AvgIpc) is 2.86. The van der Waals surface area contributed by atoms with Crippen LogP contribution in [0, 0.1) is 0 Å². The summed E-state index contributed by atoms with van der Waals surface area (Å²) in [5.74, 6) is -1.82. The molecule has 0 bridgehead atoms. The van der Waals surface area contributed by atoms with E-state index in [0.29, 0.717) is 52.4 Å². The zero-order valence-electron chi connectivity index (χ0n) is 20.0. The highest BCUT2D eigenvalue weighted by Crippen LogP contribution is 2.41. The van der Waals surface area contributed by atoms with Crippen LogP contribution in [0.3, 0.4) is 0 Å². The van der Waals surface area contributed by atoms with Gasteiger partial charge in [0.1, 0.15) is 0 Å². The predicted molar refractivity (Wildman–Crippen MR) is 133 cm³/mol. The topological polar surface area (TPSA) is 93.7 Å². The quantitative estimate of drug-likeness (QED) is 0.370. The van der Waals surface area contributed by atoms with Crippen LogP contribution in [0.1, 0.15) is 49.8 Å². The SMILES string of the molecule is CCOC(=O)C1=C(CCC(NC=O)c2ccccc2)NC(C)=C(C(=O)OC)C1c1cccc(Cl)c1. The van der Waals surface area contributed by atoms with Crippen molar-refractivity contribution in [3.05, 3.63) is 93.3 Å². The predicted octanol–water partition coefficient (Wildman–Crippen LogP) is 4.56. The number of benzene rings is 2. The van der Waals surface area contributed by atoms with Gasteiger partial charge in [0, 0.05) is 16.4 Å². The molecule has 2 aromatic carbocycles. The van der Waals surface area contributed by atoms with E-state index in [0.717, 1.165) is 5.56 Å². The standard InChI is InChI=1S/C27H29ClN2O5/c1-4-35-27(33)25-22(14-13-21(29-16-31)18-9-6-5-7-10-18)30-17(2)23(26(32)34-3)24(25)19-11-8-12-20(28)15-19/h5-12,15-16,21,24,30H,4,13-14H2,1-3H3,(H,29,31). The van der Waals surface area contributed by atoms with Gasteiger partial charge in [0.25, 0.3) is 0 Å². The molecule has 2 aromatic rings. The van der Waals surface area contributed by atoms with E-state index in [-0.39, 0.29) is 12.6 Å². The molecule has 0 aliphatic carbocycles. The molecule has 0 spiro atoms. The lowest BCUT2D eigenvalue weighted by Crippen LogP contribution is -2.33. The molecule has 3 rings (SSSR count). The molecule has 1 amide bonds. The second kappa shape index (κ2) is 12.2. The number of esters is 2. The summed E-state index contributed by atoms with van der Waals surface area (Å²) in [6, 6.07) is 16.4.